The fraction of sp³-hybridized carbons (Fsp3) is 0.529. The van der Waals surface area contributed by atoms with Gasteiger partial charge in [-0.25, -0.2) is 4.39 Å². The summed E-state index contributed by atoms with van der Waals surface area (Å²) in [6.07, 6.45) is 1.38. The predicted octanol–water partition coefficient (Wildman–Crippen LogP) is 4.45. The van der Waals surface area contributed by atoms with E-state index >= 15 is 0 Å². The predicted molar refractivity (Wildman–Crippen MR) is 78.8 cm³/mol. The maximum atomic E-state index is 13.9. The molecule has 0 saturated carbocycles. The average molecular weight is 278 g/mol. The molecule has 3 heteroatoms. The summed E-state index contributed by atoms with van der Waals surface area (Å²) in [4.78, 5) is 0. The van der Waals surface area contributed by atoms with Gasteiger partial charge >= 0.3 is 0 Å². The molecule has 20 heavy (non-hydrogen) atoms. The molecular weight excluding hydrogens is 255 g/mol. The van der Waals surface area contributed by atoms with Crippen molar-refractivity contribution in [2.24, 2.45) is 11.8 Å². The fourth-order valence-corrected chi connectivity index (χ4v) is 3.17. The largest absolute Gasteiger partial charge is 0.507 e. The van der Waals surface area contributed by atoms with Crippen LogP contribution in [0.3, 0.4) is 0 Å². The monoisotopic (exact) mass is 278 g/mol. The lowest BCUT2D eigenvalue weighted by molar-refractivity contribution is 0.222. The molecule has 2 unspecified atom stereocenters. The lowest BCUT2D eigenvalue weighted by Gasteiger charge is -2.35. The van der Waals surface area contributed by atoms with Gasteiger partial charge in [0.1, 0.15) is 17.7 Å². The number of rotatable bonds is 2. The first-order chi connectivity index (χ1) is 9.31. The van der Waals surface area contributed by atoms with Crippen molar-refractivity contribution in [3.63, 3.8) is 0 Å². The normalized spacial score (nSPS) is 26.7. The number of hydrogen-bond acceptors (Lipinski definition) is 2. The summed E-state index contributed by atoms with van der Waals surface area (Å²) in [5.74, 6) is 0.414. The van der Waals surface area contributed by atoms with Crippen LogP contribution in [0.5, 0.6) is 11.5 Å². The van der Waals surface area contributed by atoms with Gasteiger partial charge in [-0.15, -0.1) is 0 Å². The Bertz CT molecular complexity index is 511. The number of aryl methyl sites for hydroxylation is 1. The number of phenolic OH excluding ortho intramolecular Hbond substituents is 2. The van der Waals surface area contributed by atoms with Gasteiger partial charge in [0.2, 0.25) is 0 Å². The van der Waals surface area contributed by atoms with E-state index in [1.54, 1.807) is 19.1 Å². The van der Waals surface area contributed by atoms with Crippen molar-refractivity contribution in [2.45, 2.75) is 46.2 Å². The van der Waals surface area contributed by atoms with Crippen LogP contribution in [0.1, 0.15) is 44.2 Å². The summed E-state index contributed by atoms with van der Waals surface area (Å²) < 4.78 is 13.9. The van der Waals surface area contributed by atoms with Crippen molar-refractivity contribution in [3.05, 3.63) is 34.9 Å². The molecular formula is C17H23FO2. The zero-order chi connectivity index (χ0) is 15.0. The Hall–Kier alpha value is -1.51. The minimum Gasteiger partial charge on any atom is -0.507 e. The van der Waals surface area contributed by atoms with Gasteiger partial charge in [-0.2, -0.15) is 0 Å². The maximum Gasteiger partial charge on any atom is 0.123 e. The number of allylic oxidation sites excluding steroid dienone is 2. The molecule has 2 N–H and O–H groups in total. The molecule has 1 aliphatic rings. The topological polar surface area (TPSA) is 40.5 Å². The highest BCUT2D eigenvalue weighted by Gasteiger charge is 2.35. The van der Waals surface area contributed by atoms with Gasteiger partial charge in [-0.1, -0.05) is 19.9 Å². The third-order valence-corrected chi connectivity index (χ3v) is 4.35. The van der Waals surface area contributed by atoms with E-state index in [4.69, 9.17) is 0 Å². The van der Waals surface area contributed by atoms with E-state index in [1.165, 1.54) is 0 Å². The summed E-state index contributed by atoms with van der Waals surface area (Å²) in [7, 11) is 0. The standard InChI is InChI=1S/C17H23FO2/c1-9(2)12-8-14(18)11(4)7-13(12)17-15(19)5-10(3)6-16(17)20/h5-7,9,12-14,19-20H,8H2,1-4H3/t12-,13?,14?/m0/s1. The molecule has 2 rings (SSSR count). The number of benzene rings is 1. The number of alkyl halides is 1. The van der Waals surface area contributed by atoms with Gasteiger partial charge in [-0.3, -0.25) is 0 Å². The fourth-order valence-electron chi connectivity index (χ4n) is 3.17. The first kappa shape index (κ1) is 14.9. The Kier molecular flexibility index (Phi) is 4.07. The molecule has 3 atom stereocenters. The molecule has 0 saturated heterocycles. The van der Waals surface area contributed by atoms with E-state index in [0.717, 1.165) is 5.56 Å². The van der Waals surface area contributed by atoms with E-state index < -0.39 is 6.17 Å². The Morgan fingerprint density at radius 1 is 1.15 bits per heavy atom. The number of phenols is 2. The van der Waals surface area contributed by atoms with E-state index in [-0.39, 0.29) is 29.3 Å². The summed E-state index contributed by atoms with van der Waals surface area (Å²) in [6, 6.07) is 3.30. The summed E-state index contributed by atoms with van der Waals surface area (Å²) in [5.41, 5.74) is 2.02. The number of halogens is 1. The number of hydrogen-bond donors (Lipinski definition) is 2. The van der Waals surface area contributed by atoms with E-state index in [0.29, 0.717) is 17.6 Å². The second-order valence-electron chi connectivity index (χ2n) is 6.26. The molecule has 0 amide bonds. The highest BCUT2D eigenvalue weighted by molar-refractivity contribution is 5.51. The quantitative estimate of drug-likeness (QED) is 0.785. The SMILES string of the molecule is CC1=CC(c2c(O)cc(C)cc2O)[C@H](C(C)C)CC1F. The van der Waals surface area contributed by atoms with E-state index in [1.807, 2.05) is 13.0 Å². The van der Waals surface area contributed by atoms with Crippen molar-refractivity contribution in [1.29, 1.82) is 0 Å². The lowest BCUT2D eigenvalue weighted by Crippen LogP contribution is -2.27. The van der Waals surface area contributed by atoms with Crippen molar-refractivity contribution < 1.29 is 14.6 Å². The molecule has 1 aromatic rings. The summed E-state index contributed by atoms with van der Waals surface area (Å²) in [5, 5.41) is 20.4. The first-order valence-electron chi connectivity index (χ1n) is 7.16. The second kappa shape index (κ2) is 5.47. The van der Waals surface area contributed by atoms with Crippen LogP contribution in [-0.4, -0.2) is 16.4 Å². The molecule has 0 spiro atoms. The Balaban J connectivity index is 2.53. The van der Waals surface area contributed by atoms with Crippen LogP contribution >= 0.6 is 0 Å². The van der Waals surface area contributed by atoms with Crippen LogP contribution < -0.4 is 0 Å². The molecule has 1 aliphatic carbocycles. The van der Waals surface area contributed by atoms with Crippen molar-refractivity contribution in [2.75, 3.05) is 0 Å². The van der Waals surface area contributed by atoms with E-state index in [9.17, 15) is 14.6 Å². The molecule has 0 heterocycles. The Labute approximate surface area is 120 Å². The van der Waals surface area contributed by atoms with Gasteiger partial charge in [0, 0.05) is 11.5 Å². The van der Waals surface area contributed by atoms with Crippen LogP contribution in [0.15, 0.2) is 23.8 Å². The summed E-state index contributed by atoms with van der Waals surface area (Å²) >= 11 is 0. The number of aromatic hydroxyl groups is 2. The molecule has 110 valence electrons. The lowest BCUT2D eigenvalue weighted by atomic mass is 9.71. The van der Waals surface area contributed by atoms with Crippen LogP contribution in [0.2, 0.25) is 0 Å². The van der Waals surface area contributed by atoms with Gasteiger partial charge in [0.15, 0.2) is 0 Å². The highest BCUT2D eigenvalue weighted by atomic mass is 19.1. The zero-order valence-corrected chi connectivity index (χ0v) is 12.5. The maximum absolute atomic E-state index is 13.9. The van der Waals surface area contributed by atoms with Gasteiger partial charge in [0.05, 0.1) is 0 Å². The summed E-state index contributed by atoms with van der Waals surface area (Å²) in [6.45, 7) is 7.71. The van der Waals surface area contributed by atoms with Gasteiger partial charge in [0.25, 0.3) is 0 Å². The molecule has 0 aliphatic heterocycles. The zero-order valence-electron chi connectivity index (χ0n) is 12.5. The molecule has 0 radical (unpaired) electrons. The highest BCUT2D eigenvalue weighted by Crippen LogP contribution is 2.47. The molecule has 0 fully saturated rings. The average Bonchev–Trinajstić information content (AvgIpc) is 2.31. The molecule has 0 aromatic heterocycles. The second-order valence-corrected chi connectivity index (χ2v) is 6.26. The molecule has 2 nitrogen and oxygen atoms in total. The smallest absolute Gasteiger partial charge is 0.123 e. The van der Waals surface area contributed by atoms with Crippen LogP contribution in [0.25, 0.3) is 0 Å². The molecule has 0 bridgehead atoms. The van der Waals surface area contributed by atoms with Crippen molar-refractivity contribution >= 4 is 0 Å². The van der Waals surface area contributed by atoms with Crippen LogP contribution in [0, 0.1) is 18.8 Å². The Morgan fingerprint density at radius 3 is 2.20 bits per heavy atom. The van der Waals surface area contributed by atoms with E-state index in [2.05, 4.69) is 13.8 Å². The van der Waals surface area contributed by atoms with Crippen LogP contribution in [-0.2, 0) is 0 Å². The molecule has 1 aromatic carbocycles. The third-order valence-electron chi connectivity index (χ3n) is 4.35. The van der Waals surface area contributed by atoms with Gasteiger partial charge < -0.3 is 10.2 Å². The minimum absolute atomic E-state index is 0.0770. The first-order valence-corrected chi connectivity index (χ1v) is 7.16. The third kappa shape index (κ3) is 2.67. The van der Waals surface area contributed by atoms with Crippen molar-refractivity contribution in [3.8, 4) is 11.5 Å². The van der Waals surface area contributed by atoms with Crippen molar-refractivity contribution in [1.82, 2.24) is 0 Å². The minimum atomic E-state index is -0.923. The Morgan fingerprint density at radius 2 is 1.70 bits per heavy atom. The van der Waals surface area contributed by atoms with Gasteiger partial charge in [-0.05, 0) is 55.4 Å². The van der Waals surface area contributed by atoms with Crippen LogP contribution in [0.4, 0.5) is 4.39 Å².